The number of anilines is 1. The lowest BCUT2D eigenvalue weighted by Gasteiger charge is -1.95. The summed E-state index contributed by atoms with van der Waals surface area (Å²) >= 11 is 2.95. The monoisotopic (exact) mass is 249 g/mol. The lowest BCUT2D eigenvalue weighted by Crippen LogP contribution is -2.09. The maximum absolute atomic E-state index is 11.1. The summed E-state index contributed by atoms with van der Waals surface area (Å²) in [6.07, 6.45) is -0.145. The summed E-state index contributed by atoms with van der Waals surface area (Å²) < 4.78 is 0. The Morgan fingerprint density at radius 3 is 3.12 bits per heavy atom. The molecule has 0 saturated carbocycles. The second-order valence-electron chi connectivity index (χ2n) is 2.93. The third kappa shape index (κ3) is 2.45. The molecule has 2 aromatic heterocycles. The third-order valence-electron chi connectivity index (χ3n) is 1.81. The number of nitrogens with one attached hydrogen (secondary N) is 1. The second kappa shape index (κ2) is 4.88. The molecule has 80 valence electrons. The molecule has 0 spiro atoms. The Kier molecular flexibility index (Phi) is 3.29. The maximum atomic E-state index is 11.1. The number of rotatable bonds is 3. The molecule has 0 saturated heterocycles. The van der Waals surface area contributed by atoms with Crippen molar-refractivity contribution in [1.82, 2.24) is 4.98 Å². The van der Waals surface area contributed by atoms with E-state index in [-0.39, 0.29) is 12.3 Å². The van der Waals surface area contributed by atoms with Gasteiger partial charge in [0.05, 0.1) is 11.8 Å². The number of nitrogens with zero attached hydrogens (tertiary/aromatic N) is 2. The van der Waals surface area contributed by atoms with Crippen LogP contribution in [-0.2, 0) is 4.79 Å². The molecule has 0 unspecified atom stereocenters. The summed E-state index contributed by atoms with van der Waals surface area (Å²) in [5.74, 6) is -0.325. The minimum atomic E-state index is -0.325. The van der Waals surface area contributed by atoms with Crippen LogP contribution in [0.15, 0.2) is 22.2 Å². The molecule has 0 aromatic carbocycles. The first-order valence-electron chi connectivity index (χ1n) is 4.44. The molecule has 2 rings (SSSR count). The minimum Gasteiger partial charge on any atom is -0.301 e. The van der Waals surface area contributed by atoms with Gasteiger partial charge in [-0.1, -0.05) is 0 Å². The molecule has 0 atom stereocenters. The molecule has 0 fully saturated rings. The molecule has 2 aromatic rings. The van der Waals surface area contributed by atoms with Crippen molar-refractivity contribution in [2.24, 2.45) is 0 Å². The number of hydrogen-bond acceptors (Lipinski definition) is 5. The van der Waals surface area contributed by atoms with Gasteiger partial charge in [0.25, 0.3) is 0 Å². The van der Waals surface area contributed by atoms with Crippen LogP contribution >= 0.6 is 22.7 Å². The Balaban J connectivity index is 2.09. The summed E-state index contributed by atoms with van der Waals surface area (Å²) in [6, 6.07) is 3.76. The van der Waals surface area contributed by atoms with E-state index in [0.717, 1.165) is 11.3 Å². The van der Waals surface area contributed by atoms with E-state index in [9.17, 15) is 4.79 Å². The van der Waals surface area contributed by atoms with Crippen LogP contribution in [0.3, 0.4) is 0 Å². The van der Waals surface area contributed by atoms with Gasteiger partial charge in [0.15, 0.2) is 5.13 Å². The summed E-state index contributed by atoms with van der Waals surface area (Å²) in [7, 11) is 0. The molecular formula is C10H7N3OS2. The van der Waals surface area contributed by atoms with Gasteiger partial charge >= 0.3 is 0 Å². The van der Waals surface area contributed by atoms with E-state index in [1.54, 1.807) is 17.4 Å². The number of carbonyl (C=O) groups excluding carboxylic acids is 1. The first-order chi connectivity index (χ1) is 7.79. The molecule has 1 N–H and O–H groups in total. The number of hydrogen-bond donors (Lipinski definition) is 1. The highest BCUT2D eigenvalue weighted by atomic mass is 32.1. The molecule has 0 aliphatic carbocycles. The van der Waals surface area contributed by atoms with Crippen LogP contribution in [0.2, 0.25) is 0 Å². The SMILES string of the molecule is N#CCC(=O)Nc1nc(-c2ccsc2)cs1. The zero-order valence-electron chi connectivity index (χ0n) is 8.14. The maximum Gasteiger partial charge on any atom is 0.240 e. The molecule has 1 amide bonds. The largest absolute Gasteiger partial charge is 0.301 e. The van der Waals surface area contributed by atoms with Gasteiger partial charge in [0, 0.05) is 16.3 Å². The van der Waals surface area contributed by atoms with Crippen LogP contribution in [0.25, 0.3) is 11.3 Å². The van der Waals surface area contributed by atoms with E-state index in [2.05, 4.69) is 10.3 Å². The van der Waals surface area contributed by atoms with Crippen LogP contribution in [0.1, 0.15) is 6.42 Å². The Hall–Kier alpha value is -1.71. The van der Waals surface area contributed by atoms with Crippen molar-refractivity contribution < 1.29 is 4.79 Å². The van der Waals surface area contributed by atoms with Crippen molar-refractivity contribution in [2.75, 3.05) is 5.32 Å². The zero-order chi connectivity index (χ0) is 11.4. The van der Waals surface area contributed by atoms with Gasteiger partial charge in [-0.15, -0.1) is 11.3 Å². The Morgan fingerprint density at radius 2 is 2.44 bits per heavy atom. The number of thiazole rings is 1. The Labute approximate surface area is 100 Å². The van der Waals surface area contributed by atoms with E-state index in [0.29, 0.717) is 5.13 Å². The fraction of sp³-hybridized carbons (Fsp3) is 0.100. The third-order valence-corrected chi connectivity index (χ3v) is 3.25. The Morgan fingerprint density at radius 1 is 1.56 bits per heavy atom. The van der Waals surface area contributed by atoms with Gasteiger partial charge in [-0.25, -0.2) is 4.98 Å². The highest BCUT2D eigenvalue weighted by Gasteiger charge is 2.07. The highest BCUT2D eigenvalue weighted by Crippen LogP contribution is 2.26. The minimum absolute atomic E-state index is 0.145. The highest BCUT2D eigenvalue weighted by molar-refractivity contribution is 7.14. The quantitative estimate of drug-likeness (QED) is 0.909. The van der Waals surface area contributed by atoms with Gasteiger partial charge in [0.1, 0.15) is 6.42 Å². The summed E-state index contributed by atoms with van der Waals surface area (Å²) in [5, 5.41) is 17.3. The predicted molar refractivity (Wildman–Crippen MR) is 64.3 cm³/mol. The van der Waals surface area contributed by atoms with Crippen LogP contribution in [0.4, 0.5) is 5.13 Å². The molecule has 2 heterocycles. The van der Waals surface area contributed by atoms with Crippen molar-refractivity contribution in [3.63, 3.8) is 0 Å². The Bertz CT molecular complexity index is 525. The van der Waals surface area contributed by atoms with Gasteiger partial charge < -0.3 is 5.32 Å². The van der Waals surface area contributed by atoms with E-state index in [1.807, 2.05) is 22.2 Å². The fourth-order valence-electron chi connectivity index (χ4n) is 1.11. The average Bonchev–Trinajstić information content (AvgIpc) is 2.86. The van der Waals surface area contributed by atoms with Gasteiger partial charge in [-0.3, -0.25) is 4.79 Å². The predicted octanol–water partition coefficient (Wildman–Crippen LogP) is 2.72. The first kappa shape index (κ1) is 10.8. The lowest BCUT2D eigenvalue weighted by atomic mass is 10.3. The van der Waals surface area contributed by atoms with Crippen molar-refractivity contribution in [3.8, 4) is 17.3 Å². The summed E-state index contributed by atoms with van der Waals surface area (Å²) in [4.78, 5) is 15.4. The zero-order valence-corrected chi connectivity index (χ0v) is 9.77. The molecule has 6 heteroatoms. The fourth-order valence-corrected chi connectivity index (χ4v) is 2.49. The number of nitriles is 1. The molecule has 0 aliphatic heterocycles. The van der Waals surface area contributed by atoms with Gasteiger partial charge in [0.2, 0.25) is 5.91 Å². The normalized spacial score (nSPS) is 9.69. The van der Waals surface area contributed by atoms with Crippen LogP contribution in [0.5, 0.6) is 0 Å². The second-order valence-corrected chi connectivity index (χ2v) is 4.57. The molecule has 0 radical (unpaired) electrons. The smallest absolute Gasteiger partial charge is 0.240 e. The van der Waals surface area contributed by atoms with E-state index >= 15 is 0 Å². The van der Waals surface area contributed by atoms with Gasteiger partial charge in [-0.2, -0.15) is 16.6 Å². The molecular weight excluding hydrogens is 242 g/mol. The summed E-state index contributed by atoms with van der Waals surface area (Å²) in [6.45, 7) is 0. The van der Waals surface area contributed by atoms with Crippen molar-refractivity contribution in [3.05, 3.63) is 22.2 Å². The van der Waals surface area contributed by atoms with Crippen molar-refractivity contribution in [1.29, 1.82) is 5.26 Å². The van der Waals surface area contributed by atoms with E-state index in [4.69, 9.17) is 5.26 Å². The van der Waals surface area contributed by atoms with Gasteiger partial charge in [-0.05, 0) is 11.4 Å². The molecule has 16 heavy (non-hydrogen) atoms. The van der Waals surface area contributed by atoms with Crippen LogP contribution < -0.4 is 5.32 Å². The number of thiophene rings is 1. The van der Waals surface area contributed by atoms with E-state index < -0.39 is 0 Å². The lowest BCUT2D eigenvalue weighted by molar-refractivity contribution is -0.115. The standard InChI is InChI=1S/C10H7N3OS2/c11-3-1-9(14)13-10-12-8(6-16-10)7-2-4-15-5-7/h2,4-6H,1H2,(H,12,13,14). The number of amides is 1. The first-order valence-corrected chi connectivity index (χ1v) is 6.27. The molecule has 4 nitrogen and oxygen atoms in total. The van der Waals surface area contributed by atoms with Crippen LogP contribution in [0, 0.1) is 11.3 Å². The van der Waals surface area contributed by atoms with E-state index in [1.165, 1.54) is 11.3 Å². The van der Waals surface area contributed by atoms with Crippen LogP contribution in [-0.4, -0.2) is 10.9 Å². The summed E-state index contributed by atoms with van der Waals surface area (Å²) in [5.41, 5.74) is 1.89. The molecule has 0 aliphatic rings. The topological polar surface area (TPSA) is 65.8 Å². The molecule has 0 bridgehead atoms. The average molecular weight is 249 g/mol. The van der Waals surface area contributed by atoms with Crippen molar-refractivity contribution >= 4 is 33.7 Å². The number of aromatic nitrogens is 1. The number of carbonyl (C=O) groups is 1. The van der Waals surface area contributed by atoms with Crippen molar-refractivity contribution in [2.45, 2.75) is 6.42 Å².